The van der Waals surface area contributed by atoms with E-state index in [-0.39, 0.29) is 0 Å². The molecule has 0 bridgehead atoms. The second kappa shape index (κ2) is 8.08. The summed E-state index contributed by atoms with van der Waals surface area (Å²) in [5.41, 5.74) is 6.97. The van der Waals surface area contributed by atoms with Crippen LogP contribution in [0.2, 0.25) is 5.02 Å². The zero-order valence-corrected chi connectivity index (χ0v) is 18.2. The molecule has 0 saturated heterocycles. The van der Waals surface area contributed by atoms with E-state index < -0.39 is 0 Å². The largest absolute Gasteiger partial charge is 0.436 e. The molecule has 0 N–H and O–H groups in total. The highest BCUT2D eigenvalue weighted by Gasteiger charge is 2.10. The van der Waals surface area contributed by atoms with Gasteiger partial charge in [0.15, 0.2) is 11.2 Å². The highest BCUT2D eigenvalue weighted by atomic mass is 35.5. The van der Waals surface area contributed by atoms with Gasteiger partial charge in [-0.05, 0) is 59.7 Å². The molecule has 0 aliphatic rings. The third-order valence-electron chi connectivity index (χ3n) is 5.45. The molecule has 5 heteroatoms. The van der Waals surface area contributed by atoms with Crippen molar-refractivity contribution in [3.8, 4) is 22.9 Å². The van der Waals surface area contributed by atoms with Crippen LogP contribution in [0.25, 0.3) is 57.3 Å². The quantitative estimate of drug-likeness (QED) is 0.255. The van der Waals surface area contributed by atoms with Gasteiger partial charge in [0, 0.05) is 16.1 Å². The molecule has 6 aromatic rings. The predicted molar refractivity (Wildman–Crippen MR) is 133 cm³/mol. The summed E-state index contributed by atoms with van der Waals surface area (Å²) >= 11 is 6.55. The number of benzene rings is 4. The molecule has 0 spiro atoms. The van der Waals surface area contributed by atoms with Crippen molar-refractivity contribution in [1.29, 1.82) is 0 Å². The van der Waals surface area contributed by atoms with Crippen LogP contribution in [0.4, 0.5) is 0 Å². The number of rotatable bonds is 4. The average molecular weight is 449 g/mol. The van der Waals surface area contributed by atoms with Crippen LogP contribution >= 0.6 is 11.6 Å². The van der Waals surface area contributed by atoms with Gasteiger partial charge in [-0.1, -0.05) is 66.2 Å². The van der Waals surface area contributed by atoms with Gasteiger partial charge in [-0.3, -0.25) is 0 Å². The Hall–Kier alpha value is -4.15. The minimum absolute atomic E-state index is 0.559. The van der Waals surface area contributed by atoms with E-state index in [0.29, 0.717) is 16.8 Å². The normalized spacial score (nSPS) is 11.7. The van der Waals surface area contributed by atoms with Gasteiger partial charge in [0.2, 0.25) is 11.8 Å². The zero-order valence-electron chi connectivity index (χ0n) is 17.4. The third kappa shape index (κ3) is 3.81. The minimum Gasteiger partial charge on any atom is -0.436 e. The van der Waals surface area contributed by atoms with Gasteiger partial charge < -0.3 is 8.83 Å². The van der Waals surface area contributed by atoms with Crippen molar-refractivity contribution in [1.82, 2.24) is 9.97 Å². The lowest BCUT2D eigenvalue weighted by Gasteiger charge is -2.02. The van der Waals surface area contributed by atoms with Crippen LogP contribution in [-0.4, -0.2) is 9.97 Å². The fourth-order valence-electron chi connectivity index (χ4n) is 3.71. The van der Waals surface area contributed by atoms with E-state index in [9.17, 15) is 0 Å². The Morgan fingerprint density at radius 2 is 1.18 bits per heavy atom. The highest BCUT2D eigenvalue weighted by Crippen LogP contribution is 2.29. The smallest absolute Gasteiger partial charge is 0.227 e. The summed E-state index contributed by atoms with van der Waals surface area (Å²) in [6, 6.07) is 29.3. The molecular formula is C28H17ClN2O2. The standard InChI is InChI=1S/C28H17ClN2O2/c29-22-17-21(28-31-24-6-2-4-8-26(24)33-28)16-15-19(22)12-9-18-10-13-20(14-11-18)27-30-23-5-1-3-7-25(23)32-27/h1-17H. The molecule has 6 rings (SSSR count). The van der Waals surface area contributed by atoms with Crippen molar-refractivity contribution >= 4 is 46.0 Å². The summed E-state index contributed by atoms with van der Waals surface area (Å²) in [5, 5.41) is 0.633. The lowest BCUT2D eigenvalue weighted by atomic mass is 10.1. The lowest BCUT2D eigenvalue weighted by Crippen LogP contribution is -1.81. The highest BCUT2D eigenvalue weighted by molar-refractivity contribution is 6.32. The molecule has 4 aromatic carbocycles. The van der Waals surface area contributed by atoms with Gasteiger partial charge in [-0.25, -0.2) is 9.97 Å². The van der Waals surface area contributed by atoms with Crippen LogP contribution < -0.4 is 0 Å². The summed E-state index contributed by atoms with van der Waals surface area (Å²) in [7, 11) is 0. The van der Waals surface area contributed by atoms with Crippen molar-refractivity contribution in [2.75, 3.05) is 0 Å². The molecule has 4 nitrogen and oxygen atoms in total. The first kappa shape index (κ1) is 19.5. The number of para-hydroxylation sites is 4. The van der Waals surface area contributed by atoms with E-state index in [1.54, 1.807) is 0 Å². The number of hydrogen-bond donors (Lipinski definition) is 0. The molecule has 0 unspecified atom stereocenters. The second-order valence-electron chi connectivity index (χ2n) is 7.67. The van der Waals surface area contributed by atoms with Gasteiger partial charge in [-0.15, -0.1) is 0 Å². The number of aromatic nitrogens is 2. The second-order valence-corrected chi connectivity index (χ2v) is 8.07. The maximum atomic E-state index is 6.55. The maximum absolute atomic E-state index is 6.55. The van der Waals surface area contributed by atoms with Crippen molar-refractivity contribution < 1.29 is 8.83 Å². The third-order valence-corrected chi connectivity index (χ3v) is 5.78. The lowest BCUT2D eigenvalue weighted by molar-refractivity contribution is 0.619. The van der Waals surface area contributed by atoms with Gasteiger partial charge in [-0.2, -0.15) is 0 Å². The zero-order chi connectivity index (χ0) is 22.2. The van der Waals surface area contributed by atoms with E-state index in [1.807, 2.05) is 103 Å². The van der Waals surface area contributed by atoms with Crippen molar-refractivity contribution in [2.45, 2.75) is 0 Å². The Labute approximate surface area is 194 Å². The summed E-state index contributed by atoms with van der Waals surface area (Å²) in [5.74, 6) is 1.17. The molecule has 0 atom stereocenters. The van der Waals surface area contributed by atoms with Crippen LogP contribution in [0.15, 0.2) is 99.8 Å². The van der Waals surface area contributed by atoms with E-state index in [2.05, 4.69) is 9.97 Å². The van der Waals surface area contributed by atoms with E-state index >= 15 is 0 Å². The van der Waals surface area contributed by atoms with E-state index in [0.717, 1.165) is 44.5 Å². The monoisotopic (exact) mass is 448 g/mol. The fraction of sp³-hybridized carbons (Fsp3) is 0. The molecule has 0 saturated carbocycles. The van der Waals surface area contributed by atoms with Crippen molar-refractivity contribution in [2.24, 2.45) is 0 Å². The summed E-state index contributed by atoms with van der Waals surface area (Å²) < 4.78 is 11.7. The Morgan fingerprint density at radius 1 is 0.606 bits per heavy atom. The average Bonchev–Trinajstić information content (AvgIpc) is 3.48. The van der Waals surface area contributed by atoms with Gasteiger partial charge in [0.05, 0.1) is 0 Å². The molecule has 2 heterocycles. The number of halogens is 1. The van der Waals surface area contributed by atoms with Crippen LogP contribution in [0.3, 0.4) is 0 Å². The van der Waals surface area contributed by atoms with Crippen LogP contribution in [0.5, 0.6) is 0 Å². The Morgan fingerprint density at radius 3 is 1.79 bits per heavy atom. The van der Waals surface area contributed by atoms with Gasteiger partial charge in [0.25, 0.3) is 0 Å². The summed E-state index contributed by atoms with van der Waals surface area (Å²) in [4.78, 5) is 9.09. The Kier molecular flexibility index (Phi) is 4.78. The maximum Gasteiger partial charge on any atom is 0.227 e. The predicted octanol–water partition coefficient (Wildman–Crippen LogP) is 8.13. The Bertz CT molecular complexity index is 1560. The molecule has 0 amide bonds. The van der Waals surface area contributed by atoms with Crippen LogP contribution in [-0.2, 0) is 0 Å². The van der Waals surface area contributed by atoms with Crippen molar-refractivity contribution in [3.05, 3.63) is 107 Å². The van der Waals surface area contributed by atoms with Crippen LogP contribution in [0.1, 0.15) is 11.1 Å². The number of fused-ring (bicyclic) bond motifs is 2. The number of oxazole rings is 2. The first-order chi connectivity index (χ1) is 16.2. The summed E-state index contributed by atoms with van der Waals surface area (Å²) in [6.07, 6.45) is 4.02. The molecule has 0 fully saturated rings. The molecular weight excluding hydrogens is 432 g/mol. The molecule has 0 aliphatic carbocycles. The Balaban J connectivity index is 1.22. The molecule has 33 heavy (non-hydrogen) atoms. The minimum atomic E-state index is 0.559. The summed E-state index contributed by atoms with van der Waals surface area (Å²) in [6.45, 7) is 0. The molecule has 0 radical (unpaired) electrons. The van der Waals surface area contributed by atoms with Crippen molar-refractivity contribution in [3.63, 3.8) is 0 Å². The SMILES string of the molecule is Clc1cc(-c2nc3ccccc3o2)ccc1C=Cc1ccc(-c2nc3ccccc3o2)cc1. The number of nitrogens with zero attached hydrogens (tertiary/aromatic N) is 2. The topological polar surface area (TPSA) is 52.1 Å². The van der Waals surface area contributed by atoms with E-state index in [1.165, 1.54) is 0 Å². The molecule has 158 valence electrons. The molecule has 2 aromatic heterocycles. The van der Waals surface area contributed by atoms with Crippen LogP contribution in [0, 0.1) is 0 Å². The first-order valence-electron chi connectivity index (χ1n) is 10.5. The van der Waals surface area contributed by atoms with Gasteiger partial charge >= 0.3 is 0 Å². The van der Waals surface area contributed by atoms with E-state index in [4.69, 9.17) is 20.4 Å². The van der Waals surface area contributed by atoms with Gasteiger partial charge in [0.1, 0.15) is 11.0 Å². The first-order valence-corrected chi connectivity index (χ1v) is 10.9. The number of hydrogen-bond acceptors (Lipinski definition) is 4. The molecule has 0 aliphatic heterocycles. The fourth-order valence-corrected chi connectivity index (χ4v) is 3.95.